The SMILES string of the molecule is Cc1c(S(=O)(=O)NC(N)=NCCC[C@](N)(C(=O)O)C(=O)OCC2c3ccccc3-c3ccccc32)c2ccccc2n1C. The van der Waals surface area contributed by atoms with E-state index in [1.54, 1.807) is 30.7 Å². The Hall–Kier alpha value is -4.68. The lowest BCUT2D eigenvalue weighted by Crippen LogP contribution is -2.56. The molecule has 1 aliphatic carbocycles. The standard InChI is InChI=1S/C31H33N5O6S/c1-19-27(24-14-7-8-15-26(24)36(19)2)43(40,41)35-30(32)34-17-9-16-31(33,28(37)38)29(39)42-18-25-22-12-5-3-10-20(22)21-11-4-6-13-23(21)25/h3-8,10-15,25H,9,16-18,33H2,1-2H3,(H,37,38)(H3,32,34,35)/t31-/m0/s1. The Morgan fingerprint density at radius 2 is 1.60 bits per heavy atom. The molecule has 0 radical (unpaired) electrons. The Labute approximate surface area is 249 Å². The first kappa shape index (κ1) is 29.8. The number of carboxylic acids is 1. The van der Waals surface area contributed by atoms with Crippen molar-refractivity contribution in [1.29, 1.82) is 0 Å². The highest BCUT2D eigenvalue weighted by atomic mass is 32.2. The summed E-state index contributed by atoms with van der Waals surface area (Å²) < 4.78 is 35.9. The zero-order valence-electron chi connectivity index (χ0n) is 23.8. The van der Waals surface area contributed by atoms with Crippen LogP contribution in [0.3, 0.4) is 0 Å². The number of esters is 1. The molecule has 0 fully saturated rings. The summed E-state index contributed by atoms with van der Waals surface area (Å²) in [5.74, 6) is -3.22. The maximum absolute atomic E-state index is 13.2. The number of nitrogens with zero attached hydrogens (tertiary/aromatic N) is 2. The molecule has 5 rings (SSSR count). The third kappa shape index (κ3) is 5.46. The predicted octanol–water partition coefficient (Wildman–Crippen LogP) is 3.00. The molecular weight excluding hydrogens is 570 g/mol. The first-order valence-electron chi connectivity index (χ1n) is 13.7. The van der Waals surface area contributed by atoms with E-state index in [0.717, 1.165) is 27.8 Å². The molecule has 0 spiro atoms. The number of hydrogen-bond acceptors (Lipinski definition) is 7. The van der Waals surface area contributed by atoms with Gasteiger partial charge in [-0.2, -0.15) is 0 Å². The van der Waals surface area contributed by atoms with Gasteiger partial charge in [0.1, 0.15) is 11.5 Å². The van der Waals surface area contributed by atoms with Crippen molar-refractivity contribution >= 4 is 38.8 Å². The molecule has 0 saturated carbocycles. The van der Waals surface area contributed by atoms with Gasteiger partial charge in [-0.1, -0.05) is 66.7 Å². The lowest BCUT2D eigenvalue weighted by Gasteiger charge is -2.24. The summed E-state index contributed by atoms with van der Waals surface area (Å²) in [7, 11) is -2.30. The zero-order chi connectivity index (χ0) is 30.9. The first-order chi connectivity index (χ1) is 20.5. The van der Waals surface area contributed by atoms with Crippen LogP contribution >= 0.6 is 0 Å². The van der Waals surface area contributed by atoms with Gasteiger partial charge in [-0.15, -0.1) is 0 Å². The van der Waals surface area contributed by atoms with Crippen LogP contribution in [-0.2, 0) is 31.4 Å². The van der Waals surface area contributed by atoms with Gasteiger partial charge in [-0.25, -0.2) is 22.7 Å². The summed E-state index contributed by atoms with van der Waals surface area (Å²) in [6, 6.07) is 22.7. The quantitative estimate of drug-likeness (QED) is 0.0702. The Bertz CT molecular complexity index is 1820. The van der Waals surface area contributed by atoms with E-state index in [0.29, 0.717) is 11.1 Å². The fourth-order valence-corrected chi connectivity index (χ4v) is 7.06. The second-order valence-corrected chi connectivity index (χ2v) is 12.2. The minimum Gasteiger partial charge on any atom is -0.479 e. The summed E-state index contributed by atoms with van der Waals surface area (Å²) >= 11 is 0. The van der Waals surface area contributed by atoms with Crippen LogP contribution in [0, 0.1) is 6.92 Å². The van der Waals surface area contributed by atoms with Crippen molar-refractivity contribution in [2.24, 2.45) is 23.5 Å². The monoisotopic (exact) mass is 603 g/mol. The Morgan fingerprint density at radius 1 is 1.02 bits per heavy atom. The van der Waals surface area contributed by atoms with Crippen molar-refractivity contribution in [1.82, 2.24) is 9.29 Å². The molecule has 1 aliphatic rings. The number of nitrogens with one attached hydrogen (secondary N) is 1. The summed E-state index contributed by atoms with van der Waals surface area (Å²) in [5, 5.41) is 10.4. The molecule has 0 bridgehead atoms. The smallest absolute Gasteiger partial charge is 0.337 e. The fourth-order valence-electron chi connectivity index (χ4n) is 5.63. The van der Waals surface area contributed by atoms with E-state index in [9.17, 15) is 23.1 Å². The van der Waals surface area contributed by atoms with Gasteiger partial charge in [-0.05, 0) is 48.1 Å². The molecule has 1 atom stereocenters. The second-order valence-electron chi connectivity index (χ2n) is 10.6. The number of benzene rings is 3. The lowest BCUT2D eigenvalue weighted by molar-refractivity contribution is -0.161. The van der Waals surface area contributed by atoms with Crippen molar-refractivity contribution in [3.63, 3.8) is 0 Å². The average molecular weight is 604 g/mol. The van der Waals surface area contributed by atoms with Crippen LogP contribution in [0.1, 0.15) is 35.6 Å². The fraction of sp³-hybridized carbons (Fsp3) is 0.258. The largest absolute Gasteiger partial charge is 0.479 e. The van der Waals surface area contributed by atoms with Gasteiger partial charge in [-0.3, -0.25) is 4.99 Å². The van der Waals surface area contributed by atoms with Gasteiger partial charge in [0.05, 0.1) is 0 Å². The number of aromatic nitrogens is 1. The molecule has 1 heterocycles. The molecule has 0 unspecified atom stereocenters. The maximum atomic E-state index is 13.2. The number of hydrogen-bond donors (Lipinski definition) is 4. The van der Waals surface area contributed by atoms with Crippen LogP contribution < -0.4 is 16.2 Å². The number of aliphatic carboxylic acids is 1. The number of aryl methyl sites for hydroxylation is 1. The molecule has 11 nitrogen and oxygen atoms in total. The summed E-state index contributed by atoms with van der Waals surface area (Å²) in [5.41, 5.74) is 14.9. The van der Waals surface area contributed by atoms with Crippen LogP contribution in [0.4, 0.5) is 0 Å². The van der Waals surface area contributed by atoms with Crippen molar-refractivity contribution in [3.8, 4) is 11.1 Å². The topological polar surface area (TPSA) is 179 Å². The van der Waals surface area contributed by atoms with Crippen LogP contribution in [0.5, 0.6) is 0 Å². The summed E-state index contributed by atoms with van der Waals surface area (Å²) in [6.45, 7) is 1.54. The van der Waals surface area contributed by atoms with Crippen molar-refractivity contribution in [2.45, 2.75) is 36.1 Å². The lowest BCUT2D eigenvalue weighted by atomic mass is 9.94. The highest BCUT2D eigenvalue weighted by Crippen LogP contribution is 2.44. The molecule has 224 valence electrons. The van der Waals surface area contributed by atoms with Crippen molar-refractivity contribution < 1.29 is 27.9 Å². The van der Waals surface area contributed by atoms with Gasteiger partial charge >= 0.3 is 11.9 Å². The van der Waals surface area contributed by atoms with E-state index in [4.69, 9.17) is 16.2 Å². The van der Waals surface area contributed by atoms with Crippen LogP contribution in [0.2, 0.25) is 0 Å². The van der Waals surface area contributed by atoms with Crippen molar-refractivity contribution in [2.75, 3.05) is 13.2 Å². The minimum absolute atomic E-state index is 0.0305. The number of ether oxygens (including phenoxy) is 1. The molecule has 1 aromatic heterocycles. The molecule has 0 saturated heterocycles. The maximum Gasteiger partial charge on any atom is 0.337 e. The van der Waals surface area contributed by atoms with Crippen molar-refractivity contribution in [3.05, 3.63) is 89.6 Å². The molecule has 0 amide bonds. The molecule has 4 aromatic rings. The van der Waals surface area contributed by atoms with Gasteiger partial charge in [0.25, 0.3) is 10.0 Å². The number of carboxylic acid groups (broad SMARTS) is 1. The second kappa shape index (κ2) is 11.5. The number of aliphatic imine (C=N–C) groups is 1. The Balaban J connectivity index is 1.22. The van der Waals surface area contributed by atoms with Gasteiger partial charge < -0.3 is 25.9 Å². The number of sulfonamides is 1. The van der Waals surface area contributed by atoms with E-state index in [-0.39, 0.29) is 42.8 Å². The molecular formula is C31H33N5O6S. The van der Waals surface area contributed by atoms with Gasteiger partial charge in [0.2, 0.25) is 11.5 Å². The van der Waals surface area contributed by atoms with Gasteiger partial charge in [0, 0.05) is 36.1 Å². The molecule has 12 heteroatoms. The van der Waals surface area contributed by atoms with Crippen LogP contribution in [-0.4, -0.2) is 54.7 Å². The Kier molecular flexibility index (Phi) is 8.00. The van der Waals surface area contributed by atoms with E-state index in [2.05, 4.69) is 9.71 Å². The minimum atomic E-state index is -4.07. The van der Waals surface area contributed by atoms with E-state index < -0.39 is 27.5 Å². The molecule has 0 aliphatic heterocycles. The average Bonchev–Trinajstić information content (AvgIpc) is 3.44. The van der Waals surface area contributed by atoms with E-state index in [1.165, 1.54) is 0 Å². The molecule has 43 heavy (non-hydrogen) atoms. The van der Waals surface area contributed by atoms with E-state index in [1.807, 2.05) is 60.7 Å². The molecule has 3 aromatic carbocycles. The van der Waals surface area contributed by atoms with E-state index >= 15 is 0 Å². The summed E-state index contributed by atoms with van der Waals surface area (Å²) in [6.07, 6.45) is -0.270. The third-order valence-electron chi connectivity index (χ3n) is 7.95. The van der Waals surface area contributed by atoms with Gasteiger partial charge in [0.15, 0.2) is 0 Å². The zero-order valence-corrected chi connectivity index (χ0v) is 24.6. The first-order valence-corrected chi connectivity index (χ1v) is 15.2. The summed E-state index contributed by atoms with van der Waals surface area (Å²) in [4.78, 5) is 29.2. The number of guanidine groups is 1. The predicted molar refractivity (Wildman–Crippen MR) is 163 cm³/mol. The number of nitrogens with two attached hydrogens (primary N) is 2. The van der Waals surface area contributed by atoms with Crippen LogP contribution in [0.25, 0.3) is 22.0 Å². The highest BCUT2D eigenvalue weighted by Gasteiger charge is 2.44. The number of para-hydroxylation sites is 1. The number of fused-ring (bicyclic) bond motifs is 4. The Morgan fingerprint density at radius 3 is 2.23 bits per heavy atom. The third-order valence-corrected chi connectivity index (χ3v) is 9.48. The highest BCUT2D eigenvalue weighted by molar-refractivity contribution is 7.90. The van der Waals surface area contributed by atoms with Crippen LogP contribution in [0.15, 0.2) is 82.7 Å². The number of rotatable bonds is 10. The number of carbonyl (C=O) groups excluding carboxylic acids is 1. The normalized spacial score (nSPS) is 14.6. The number of carbonyl (C=O) groups is 2. The molecule has 6 N–H and O–H groups in total.